The summed E-state index contributed by atoms with van der Waals surface area (Å²) in [7, 11) is 2.12. The highest BCUT2D eigenvalue weighted by Crippen LogP contribution is 2.26. The Morgan fingerprint density at radius 1 is 1.07 bits per heavy atom. The Hall–Kier alpha value is -2.27. The van der Waals surface area contributed by atoms with Gasteiger partial charge in [-0.25, -0.2) is 4.99 Å². The summed E-state index contributed by atoms with van der Waals surface area (Å²) in [6.07, 6.45) is 6.25. The normalized spacial score (nSPS) is 15.3. The lowest BCUT2D eigenvalue weighted by atomic mass is 9.95. The zero-order valence-corrected chi connectivity index (χ0v) is 17.5. The van der Waals surface area contributed by atoms with Crippen molar-refractivity contribution in [1.82, 2.24) is 4.90 Å². The molecule has 2 aromatic rings. The maximum Gasteiger partial charge on any atom is 0.234 e. The molecule has 5 heteroatoms. The van der Waals surface area contributed by atoms with Crippen LogP contribution in [0.25, 0.3) is 0 Å². The molecule has 0 aromatic heterocycles. The number of carbonyl (C=O) groups is 1. The summed E-state index contributed by atoms with van der Waals surface area (Å²) in [6.45, 7) is 2.00. The molecule has 1 saturated carbocycles. The molecule has 1 amide bonds. The Balaban J connectivity index is 1.69. The molecule has 1 fully saturated rings. The van der Waals surface area contributed by atoms with Gasteiger partial charge in [0.25, 0.3) is 0 Å². The summed E-state index contributed by atoms with van der Waals surface area (Å²) in [5.74, 6) is 0.342. The van der Waals surface area contributed by atoms with E-state index in [2.05, 4.69) is 17.3 Å². The summed E-state index contributed by atoms with van der Waals surface area (Å²) in [5.41, 5.74) is 2.86. The molecular formula is C23H29N3OS. The Morgan fingerprint density at radius 3 is 2.46 bits per heavy atom. The number of amidine groups is 1. The third-order valence-electron chi connectivity index (χ3n) is 5.16. The molecule has 0 unspecified atom stereocenters. The number of benzene rings is 2. The average molecular weight is 396 g/mol. The lowest BCUT2D eigenvalue weighted by Gasteiger charge is -2.33. The molecule has 2 aromatic carbocycles. The number of aliphatic imine (C=N–C) groups is 1. The molecule has 0 atom stereocenters. The van der Waals surface area contributed by atoms with E-state index in [0.29, 0.717) is 11.8 Å². The Morgan fingerprint density at radius 2 is 1.75 bits per heavy atom. The van der Waals surface area contributed by atoms with Crippen molar-refractivity contribution in [2.24, 2.45) is 4.99 Å². The monoisotopic (exact) mass is 395 g/mol. The van der Waals surface area contributed by atoms with Crippen molar-refractivity contribution in [3.05, 3.63) is 60.2 Å². The van der Waals surface area contributed by atoms with Gasteiger partial charge in [0.05, 0.1) is 11.4 Å². The van der Waals surface area contributed by atoms with E-state index in [4.69, 9.17) is 4.99 Å². The predicted molar refractivity (Wildman–Crippen MR) is 120 cm³/mol. The third-order valence-corrected chi connectivity index (χ3v) is 6.20. The molecule has 1 aliphatic carbocycles. The Bertz CT molecular complexity index is 801. The Kier molecular flexibility index (Phi) is 7.54. The summed E-state index contributed by atoms with van der Waals surface area (Å²) < 4.78 is 0. The standard InChI is InChI=1S/C23H29N3OS/c1-18-11-9-10-16-21(18)25-22(27)17-28-23(24-19-12-5-3-6-13-19)26(2)20-14-7-4-8-15-20/h3,5-6,9-13,16,20H,4,7-8,14-15,17H2,1-2H3,(H,25,27). The van der Waals surface area contributed by atoms with Crippen LogP contribution in [-0.4, -0.2) is 34.8 Å². The predicted octanol–water partition coefficient (Wildman–Crippen LogP) is 5.62. The van der Waals surface area contributed by atoms with Crippen LogP contribution in [0.3, 0.4) is 0 Å². The zero-order valence-electron chi connectivity index (χ0n) is 16.7. The van der Waals surface area contributed by atoms with Crippen LogP contribution >= 0.6 is 11.8 Å². The van der Waals surface area contributed by atoms with E-state index in [0.717, 1.165) is 22.1 Å². The number of para-hydroxylation sites is 2. The topological polar surface area (TPSA) is 44.7 Å². The number of anilines is 1. The number of nitrogens with zero attached hydrogens (tertiary/aromatic N) is 2. The zero-order chi connectivity index (χ0) is 19.8. The van der Waals surface area contributed by atoms with E-state index < -0.39 is 0 Å². The smallest absolute Gasteiger partial charge is 0.234 e. The van der Waals surface area contributed by atoms with Gasteiger partial charge in [0.1, 0.15) is 0 Å². The van der Waals surface area contributed by atoms with Crippen LogP contribution in [0.1, 0.15) is 37.7 Å². The van der Waals surface area contributed by atoms with Gasteiger partial charge in [-0.15, -0.1) is 0 Å². The number of thioether (sulfide) groups is 1. The highest BCUT2D eigenvalue weighted by molar-refractivity contribution is 8.14. The van der Waals surface area contributed by atoms with E-state index in [1.54, 1.807) is 0 Å². The summed E-state index contributed by atoms with van der Waals surface area (Å²) in [5, 5.41) is 3.93. The van der Waals surface area contributed by atoms with Crippen LogP contribution in [0, 0.1) is 6.92 Å². The number of hydrogen-bond acceptors (Lipinski definition) is 3. The van der Waals surface area contributed by atoms with Crippen molar-refractivity contribution in [2.45, 2.75) is 45.1 Å². The molecule has 3 rings (SSSR count). The van der Waals surface area contributed by atoms with Crippen LogP contribution in [0.4, 0.5) is 11.4 Å². The molecule has 28 heavy (non-hydrogen) atoms. The molecule has 0 radical (unpaired) electrons. The molecule has 148 valence electrons. The van der Waals surface area contributed by atoms with Crippen molar-refractivity contribution in [3.63, 3.8) is 0 Å². The van der Waals surface area contributed by atoms with Crippen LogP contribution in [0.15, 0.2) is 59.6 Å². The lowest BCUT2D eigenvalue weighted by Crippen LogP contribution is -2.37. The molecule has 0 saturated heterocycles. The quantitative estimate of drug-likeness (QED) is 0.528. The second-order valence-electron chi connectivity index (χ2n) is 7.28. The van der Waals surface area contributed by atoms with Gasteiger partial charge in [-0.2, -0.15) is 0 Å². The van der Waals surface area contributed by atoms with Gasteiger partial charge in [-0.1, -0.05) is 67.4 Å². The van der Waals surface area contributed by atoms with Crippen LogP contribution in [0.5, 0.6) is 0 Å². The molecular weight excluding hydrogens is 366 g/mol. The van der Waals surface area contributed by atoms with Crippen LogP contribution in [0.2, 0.25) is 0 Å². The minimum absolute atomic E-state index is 0.00268. The van der Waals surface area contributed by atoms with Gasteiger partial charge in [0, 0.05) is 18.8 Å². The maximum atomic E-state index is 12.5. The van der Waals surface area contributed by atoms with Crippen LogP contribution in [-0.2, 0) is 4.79 Å². The first-order valence-corrected chi connectivity index (χ1v) is 11.0. The van der Waals surface area contributed by atoms with Crippen molar-refractivity contribution < 1.29 is 4.79 Å². The first kappa shape index (κ1) is 20.5. The van der Waals surface area contributed by atoms with E-state index in [-0.39, 0.29) is 5.91 Å². The largest absolute Gasteiger partial charge is 0.351 e. The van der Waals surface area contributed by atoms with Crippen LogP contribution < -0.4 is 5.32 Å². The molecule has 0 aliphatic heterocycles. The van der Waals surface area contributed by atoms with Gasteiger partial charge in [-0.3, -0.25) is 4.79 Å². The van der Waals surface area contributed by atoms with E-state index in [1.807, 2.05) is 61.5 Å². The number of hydrogen-bond donors (Lipinski definition) is 1. The highest BCUT2D eigenvalue weighted by Gasteiger charge is 2.22. The van der Waals surface area contributed by atoms with Crippen molar-refractivity contribution in [2.75, 3.05) is 18.1 Å². The van der Waals surface area contributed by atoms with Gasteiger partial charge in [0.2, 0.25) is 5.91 Å². The fraction of sp³-hybridized carbons (Fsp3) is 0.391. The minimum atomic E-state index is -0.00268. The molecule has 0 bridgehead atoms. The molecule has 1 aliphatic rings. The molecule has 0 heterocycles. The number of rotatable bonds is 5. The Labute approximate surface area is 172 Å². The second kappa shape index (κ2) is 10.3. The van der Waals surface area contributed by atoms with E-state index in [9.17, 15) is 4.79 Å². The fourth-order valence-electron chi connectivity index (χ4n) is 3.48. The first-order valence-electron chi connectivity index (χ1n) is 9.98. The number of amides is 1. The van der Waals surface area contributed by atoms with Gasteiger partial charge >= 0.3 is 0 Å². The molecule has 0 spiro atoms. The summed E-state index contributed by atoms with van der Waals surface area (Å²) >= 11 is 1.52. The summed E-state index contributed by atoms with van der Waals surface area (Å²) in [6, 6.07) is 18.3. The SMILES string of the molecule is Cc1ccccc1NC(=O)CSC(=Nc1ccccc1)N(C)C1CCCCC1. The first-order chi connectivity index (χ1) is 13.6. The minimum Gasteiger partial charge on any atom is -0.351 e. The van der Waals surface area contributed by atoms with E-state index >= 15 is 0 Å². The number of nitrogens with one attached hydrogen (secondary N) is 1. The van der Waals surface area contributed by atoms with Gasteiger partial charge in [0.15, 0.2) is 5.17 Å². The van der Waals surface area contributed by atoms with E-state index in [1.165, 1.54) is 43.9 Å². The fourth-order valence-corrected chi connectivity index (χ4v) is 4.34. The number of carbonyl (C=O) groups excluding carboxylic acids is 1. The highest BCUT2D eigenvalue weighted by atomic mass is 32.2. The van der Waals surface area contributed by atoms with Gasteiger partial charge in [-0.05, 0) is 43.5 Å². The molecule has 4 nitrogen and oxygen atoms in total. The lowest BCUT2D eigenvalue weighted by molar-refractivity contribution is -0.113. The number of aryl methyl sites for hydroxylation is 1. The summed E-state index contributed by atoms with van der Waals surface area (Å²) in [4.78, 5) is 19.6. The van der Waals surface area contributed by atoms with Gasteiger partial charge < -0.3 is 10.2 Å². The van der Waals surface area contributed by atoms with Crippen molar-refractivity contribution in [3.8, 4) is 0 Å². The maximum absolute atomic E-state index is 12.5. The molecule has 1 N–H and O–H groups in total. The average Bonchev–Trinajstić information content (AvgIpc) is 2.73. The second-order valence-corrected chi connectivity index (χ2v) is 8.23. The third kappa shape index (κ3) is 5.86. The van der Waals surface area contributed by atoms with Crippen molar-refractivity contribution in [1.29, 1.82) is 0 Å². The van der Waals surface area contributed by atoms with Crippen molar-refractivity contribution >= 4 is 34.2 Å².